The van der Waals surface area contributed by atoms with Crippen molar-refractivity contribution in [2.24, 2.45) is 5.73 Å². The van der Waals surface area contributed by atoms with Crippen LogP contribution < -0.4 is 5.73 Å². The lowest BCUT2D eigenvalue weighted by Gasteiger charge is -2.15. The van der Waals surface area contributed by atoms with Crippen molar-refractivity contribution in [1.82, 2.24) is 0 Å². The highest BCUT2D eigenvalue weighted by atomic mass is 31.2. The molecule has 0 fully saturated rings. The molecule has 0 aliphatic heterocycles. The van der Waals surface area contributed by atoms with E-state index >= 15 is 0 Å². The summed E-state index contributed by atoms with van der Waals surface area (Å²) < 4.78 is 25.6. The number of rotatable bonds is 31. The molecule has 0 bridgehead atoms. The summed E-state index contributed by atoms with van der Waals surface area (Å²) in [7, 11) is -4.24. The van der Waals surface area contributed by atoms with E-state index in [2.05, 4.69) is 16.0 Å². The molecule has 0 aromatic rings. The van der Waals surface area contributed by atoms with Crippen molar-refractivity contribution in [3.63, 3.8) is 0 Å². The molecule has 2 atom stereocenters. The number of ether oxygens (including phenoxy) is 1. The van der Waals surface area contributed by atoms with Crippen LogP contribution in [-0.2, 0) is 23.1 Å². The largest absolute Gasteiger partial charge is 0.472 e. The van der Waals surface area contributed by atoms with Crippen LogP contribution in [0.5, 0.6) is 0 Å². The topological polar surface area (TPSA) is 128 Å². The van der Waals surface area contributed by atoms with Crippen LogP contribution in [0.25, 0.3) is 0 Å². The Hall–Kier alpha value is -0.500. The van der Waals surface area contributed by atoms with E-state index in [0.29, 0.717) is 6.42 Å². The van der Waals surface area contributed by atoms with Crippen LogP contribution in [0.15, 0.2) is 0 Å². The molecule has 0 saturated carbocycles. The van der Waals surface area contributed by atoms with Crippen molar-refractivity contribution in [2.75, 3.05) is 26.4 Å². The van der Waals surface area contributed by atoms with Gasteiger partial charge in [0.15, 0.2) is 0 Å². The zero-order valence-electron chi connectivity index (χ0n) is 25.1. The van der Waals surface area contributed by atoms with E-state index < -0.39 is 20.5 Å². The van der Waals surface area contributed by atoms with Gasteiger partial charge in [-0.15, -0.1) is 0 Å². The summed E-state index contributed by atoms with van der Waals surface area (Å²) in [6.45, 7) is 1.48. The molecule has 1 unspecified atom stereocenters. The Bertz CT molecular complexity index is 580. The van der Waals surface area contributed by atoms with E-state index in [4.69, 9.17) is 10.5 Å². The summed E-state index contributed by atoms with van der Waals surface area (Å²) in [6.07, 6.45) is 28.3. The van der Waals surface area contributed by atoms with Crippen molar-refractivity contribution in [3.8, 4) is 0 Å². The van der Waals surface area contributed by atoms with Gasteiger partial charge in [-0.3, -0.25) is 13.8 Å². The summed E-state index contributed by atoms with van der Waals surface area (Å²) >= 11 is 0. The quantitative estimate of drug-likeness (QED) is 0.0428. The van der Waals surface area contributed by atoms with Gasteiger partial charge in [-0.1, -0.05) is 142 Å². The molecule has 0 rings (SSSR count). The van der Waals surface area contributed by atoms with Crippen molar-refractivity contribution in [2.45, 2.75) is 161 Å². The number of aliphatic hydroxyl groups is 1. The molecule has 0 spiro atoms. The normalized spacial score (nSPS) is 13.8. The van der Waals surface area contributed by atoms with Crippen LogP contribution in [0.1, 0.15) is 155 Å². The second-order valence-electron chi connectivity index (χ2n) is 10.9. The lowest BCUT2D eigenvalue weighted by Crippen LogP contribution is -2.23. The molecule has 0 saturated heterocycles. The van der Waals surface area contributed by atoms with Crippen LogP contribution >= 0.6 is 7.82 Å². The number of phosphoric ester groups is 1. The smallest absolute Gasteiger partial charge is 0.463 e. The van der Waals surface area contributed by atoms with Crippen molar-refractivity contribution in [1.29, 1.82) is 0 Å². The van der Waals surface area contributed by atoms with Gasteiger partial charge in [-0.25, -0.2) is 4.57 Å². The number of hydrogen-bond donors (Lipinski definition) is 3. The van der Waals surface area contributed by atoms with Crippen LogP contribution in [-0.4, -0.2) is 48.4 Å². The highest BCUT2D eigenvalue weighted by Crippen LogP contribution is 2.42. The number of carbonyl (C=O) groups is 1. The molecule has 0 aromatic carbocycles. The minimum Gasteiger partial charge on any atom is -0.463 e. The minimum atomic E-state index is -4.24. The second kappa shape index (κ2) is 29.0. The van der Waals surface area contributed by atoms with E-state index in [9.17, 15) is 19.4 Å². The maximum Gasteiger partial charge on any atom is 0.472 e. The zero-order valence-corrected chi connectivity index (χ0v) is 26.0. The molecule has 0 aliphatic carbocycles. The molecule has 39 heavy (non-hydrogen) atoms. The van der Waals surface area contributed by atoms with Crippen LogP contribution in [0.4, 0.5) is 0 Å². The Morgan fingerprint density at radius 3 is 1.44 bits per heavy atom. The van der Waals surface area contributed by atoms with Gasteiger partial charge in [-0.05, 0) is 6.42 Å². The summed E-state index contributed by atoms with van der Waals surface area (Å²) in [5, 5.41) is 9.72. The molecule has 234 valence electrons. The second-order valence-corrected chi connectivity index (χ2v) is 12.4. The fourth-order valence-electron chi connectivity index (χ4n) is 4.57. The van der Waals surface area contributed by atoms with E-state index in [1.54, 1.807) is 0 Å². The van der Waals surface area contributed by atoms with Crippen molar-refractivity contribution < 1.29 is 33.1 Å². The first kappa shape index (κ1) is 38.5. The fraction of sp³-hybridized carbons (Fsp3) is 0.967. The van der Waals surface area contributed by atoms with E-state index in [1.807, 2.05) is 0 Å². The first-order valence-corrected chi connectivity index (χ1v) is 17.6. The molecule has 0 amide bonds. The Morgan fingerprint density at radius 1 is 0.667 bits per heavy atom. The third-order valence-corrected chi connectivity index (χ3v) is 7.96. The van der Waals surface area contributed by atoms with Gasteiger partial charge >= 0.3 is 13.8 Å². The van der Waals surface area contributed by atoms with Crippen molar-refractivity contribution >= 4 is 13.8 Å². The van der Waals surface area contributed by atoms with Gasteiger partial charge < -0.3 is 20.5 Å². The van der Waals surface area contributed by atoms with Gasteiger partial charge in [-0.2, -0.15) is 0 Å². The summed E-state index contributed by atoms with van der Waals surface area (Å²) in [5.74, 6) is -0.381. The first-order valence-electron chi connectivity index (χ1n) is 16.1. The highest BCUT2D eigenvalue weighted by Gasteiger charge is 2.22. The Kier molecular flexibility index (Phi) is 28.6. The SMILES string of the molecule is CCCCCCCCCCCCCCCCCCCCCCCCC(=O)OC[C@@H](O)COP(=O)(O)OCCN. The van der Waals surface area contributed by atoms with Crippen LogP contribution in [0.2, 0.25) is 0 Å². The molecule has 0 radical (unpaired) electrons. The van der Waals surface area contributed by atoms with Gasteiger partial charge in [0.25, 0.3) is 0 Å². The molecule has 0 aromatic heterocycles. The number of aliphatic hydroxyl groups excluding tert-OH is 1. The molecule has 0 heterocycles. The van der Waals surface area contributed by atoms with Gasteiger partial charge in [0, 0.05) is 13.0 Å². The third-order valence-electron chi connectivity index (χ3n) is 6.97. The highest BCUT2D eigenvalue weighted by molar-refractivity contribution is 7.47. The van der Waals surface area contributed by atoms with E-state index in [0.717, 1.165) is 19.3 Å². The Labute approximate surface area is 239 Å². The predicted octanol–water partition coefficient (Wildman–Crippen LogP) is 7.98. The van der Waals surface area contributed by atoms with E-state index in [1.165, 1.54) is 122 Å². The average Bonchev–Trinajstić information content (AvgIpc) is 2.92. The Morgan fingerprint density at radius 2 is 1.05 bits per heavy atom. The molecule has 8 nitrogen and oxygen atoms in total. The summed E-state index contributed by atoms with van der Waals surface area (Å²) in [4.78, 5) is 21.1. The van der Waals surface area contributed by atoms with Gasteiger partial charge in [0.05, 0.1) is 13.2 Å². The molecular formula is C30H62NO7P. The predicted molar refractivity (Wildman–Crippen MR) is 160 cm³/mol. The Balaban J connectivity index is 3.31. The lowest BCUT2D eigenvalue weighted by atomic mass is 10.0. The average molecular weight is 580 g/mol. The number of phosphoric acid groups is 1. The van der Waals surface area contributed by atoms with Crippen LogP contribution in [0, 0.1) is 0 Å². The maximum absolute atomic E-state index is 11.8. The molecule has 9 heteroatoms. The van der Waals surface area contributed by atoms with Crippen molar-refractivity contribution in [3.05, 3.63) is 0 Å². The fourth-order valence-corrected chi connectivity index (χ4v) is 5.34. The lowest BCUT2D eigenvalue weighted by molar-refractivity contribution is -0.147. The number of esters is 1. The number of hydrogen-bond acceptors (Lipinski definition) is 7. The van der Waals surface area contributed by atoms with E-state index in [-0.39, 0.29) is 25.7 Å². The maximum atomic E-state index is 11.8. The number of unbranched alkanes of at least 4 members (excludes halogenated alkanes) is 21. The molecule has 0 aliphatic rings. The molecular weight excluding hydrogens is 517 g/mol. The third kappa shape index (κ3) is 30.3. The van der Waals surface area contributed by atoms with Gasteiger partial charge in [0.1, 0.15) is 12.7 Å². The zero-order chi connectivity index (χ0) is 28.9. The molecule has 4 N–H and O–H groups in total. The standard InChI is InChI=1S/C30H62NO7P/c1-2-3-4-5-6-7-8-9-10-11-12-13-14-15-16-17-18-19-20-21-22-23-24-30(33)36-27-29(32)28-38-39(34,35)37-26-25-31/h29,32H,2-28,31H2,1H3,(H,34,35)/t29-/m1/s1. The number of nitrogens with two attached hydrogens (primary N) is 1. The number of carbonyl (C=O) groups excluding carboxylic acids is 1. The minimum absolute atomic E-state index is 0.0770. The first-order chi connectivity index (χ1) is 18.9. The van der Waals surface area contributed by atoms with Crippen LogP contribution in [0.3, 0.4) is 0 Å². The summed E-state index contributed by atoms with van der Waals surface area (Å²) in [6, 6.07) is 0. The monoisotopic (exact) mass is 579 g/mol. The summed E-state index contributed by atoms with van der Waals surface area (Å²) in [5.41, 5.74) is 5.19. The van der Waals surface area contributed by atoms with Gasteiger partial charge in [0.2, 0.25) is 0 Å².